The van der Waals surface area contributed by atoms with Crippen molar-refractivity contribution in [1.82, 2.24) is 9.80 Å². The summed E-state index contributed by atoms with van der Waals surface area (Å²) in [5.41, 5.74) is 0. The quantitative estimate of drug-likeness (QED) is 0.839. The maximum Gasteiger partial charge on any atom is 0.320 e. The lowest BCUT2D eigenvalue weighted by atomic mass is 9.99. The molecule has 2 atom stereocenters. The molecule has 0 spiro atoms. The minimum Gasteiger partial charge on any atom is -0.480 e. The molecule has 1 N–H and O–H groups in total. The van der Waals surface area contributed by atoms with Gasteiger partial charge in [0.15, 0.2) is 0 Å². The molecular formula is C14H28N2O2. The molecule has 4 heteroatoms. The van der Waals surface area contributed by atoms with E-state index in [1.807, 2.05) is 13.8 Å². The Bertz CT molecular complexity index is 258. The maximum atomic E-state index is 11.2. The fraction of sp³-hybridized carbons (Fsp3) is 0.929. The summed E-state index contributed by atoms with van der Waals surface area (Å²) in [4.78, 5) is 15.9. The molecule has 4 nitrogen and oxygen atoms in total. The summed E-state index contributed by atoms with van der Waals surface area (Å²) in [7, 11) is 0. The molecule has 18 heavy (non-hydrogen) atoms. The van der Waals surface area contributed by atoms with Gasteiger partial charge in [0.2, 0.25) is 0 Å². The zero-order valence-corrected chi connectivity index (χ0v) is 12.1. The first-order valence-corrected chi connectivity index (χ1v) is 7.43. The van der Waals surface area contributed by atoms with Crippen LogP contribution in [-0.2, 0) is 4.79 Å². The van der Waals surface area contributed by atoms with Crippen molar-refractivity contribution in [3.63, 3.8) is 0 Å². The van der Waals surface area contributed by atoms with Gasteiger partial charge in [-0.3, -0.25) is 9.69 Å². The van der Waals surface area contributed by atoms with E-state index in [9.17, 15) is 9.90 Å². The molecule has 2 aliphatic heterocycles. The highest BCUT2D eigenvalue weighted by Gasteiger charge is 2.36. The van der Waals surface area contributed by atoms with E-state index in [-0.39, 0.29) is 6.04 Å². The van der Waals surface area contributed by atoms with E-state index in [0.717, 1.165) is 51.9 Å². The zero-order chi connectivity index (χ0) is 13.5. The van der Waals surface area contributed by atoms with E-state index in [1.165, 1.54) is 0 Å². The van der Waals surface area contributed by atoms with Crippen LogP contribution in [0.4, 0.5) is 0 Å². The molecular weight excluding hydrogens is 228 g/mol. The highest BCUT2D eigenvalue weighted by molar-refractivity contribution is 5.73. The van der Waals surface area contributed by atoms with Gasteiger partial charge in [0.25, 0.3) is 0 Å². The van der Waals surface area contributed by atoms with Crippen molar-refractivity contribution < 1.29 is 9.90 Å². The molecule has 106 valence electrons. The molecule has 0 aromatic rings. The van der Waals surface area contributed by atoms with Crippen molar-refractivity contribution in [2.75, 3.05) is 26.2 Å². The minimum atomic E-state index is -0.630. The lowest BCUT2D eigenvalue weighted by Gasteiger charge is -2.37. The average Bonchev–Trinajstić information content (AvgIpc) is 2.89. The van der Waals surface area contributed by atoms with Crippen molar-refractivity contribution in [3.8, 4) is 0 Å². The second kappa shape index (κ2) is 7.74. The van der Waals surface area contributed by atoms with Gasteiger partial charge in [-0.15, -0.1) is 0 Å². The van der Waals surface area contributed by atoms with Gasteiger partial charge in [-0.05, 0) is 38.9 Å². The minimum absolute atomic E-state index is 0.226. The highest BCUT2D eigenvalue weighted by Crippen LogP contribution is 2.24. The Hall–Kier alpha value is -0.610. The van der Waals surface area contributed by atoms with E-state index in [1.54, 1.807) is 0 Å². The smallest absolute Gasteiger partial charge is 0.320 e. The normalized spacial score (nSPS) is 29.7. The van der Waals surface area contributed by atoms with Crippen LogP contribution in [0.2, 0.25) is 0 Å². The first-order chi connectivity index (χ1) is 8.72. The van der Waals surface area contributed by atoms with Crippen molar-refractivity contribution in [2.45, 2.75) is 58.5 Å². The monoisotopic (exact) mass is 256 g/mol. The third kappa shape index (κ3) is 3.69. The molecule has 2 rings (SSSR count). The third-order valence-corrected chi connectivity index (χ3v) is 3.99. The molecule has 0 saturated carbocycles. The Morgan fingerprint density at radius 2 is 1.94 bits per heavy atom. The lowest BCUT2D eigenvalue weighted by molar-refractivity contribution is -0.145. The molecule has 0 amide bonds. The first kappa shape index (κ1) is 15.4. The number of likely N-dealkylation sites (N-methyl/N-ethyl adjacent to an activating group) is 1. The zero-order valence-electron chi connectivity index (χ0n) is 12.1. The van der Waals surface area contributed by atoms with Gasteiger partial charge in [-0.1, -0.05) is 27.2 Å². The number of likely N-dealkylation sites (tertiary alicyclic amines) is 2. The third-order valence-electron chi connectivity index (χ3n) is 3.99. The Kier molecular flexibility index (Phi) is 6.65. The number of carboxylic acids is 1. The van der Waals surface area contributed by atoms with Crippen LogP contribution in [0.15, 0.2) is 0 Å². The van der Waals surface area contributed by atoms with Gasteiger partial charge in [0, 0.05) is 12.6 Å². The van der Waals surface area contributed by atoms with E-state index < -0.39 is 5.97 Å². The van der Waals surface area contributed by atoms with Crippen LogP contribution in [0.3, 0.4) is 0 Å². The number of rotatable bonds is 3. The summed E-state index contributed by atoms with van der Waals surface area (Å²) in [5, 5.41) is 9.24. The predicted octanol–water partition coefficient (Wildman–Crippen LogP) is 2.05. The number of carboxylic acid groups (broad SMARTS) is 1. The van der Waals surface area contributed by atoms with Crippen molar-refractivity contribution >= 4 is 5.97 Å². The molecule has 0 aromatic carbocycles. The van der Waals surface area contributed by atoms with Crippen molar-refractivity contribution in [1.29, 1.82) is 0 Å². The number of aliphatic carboxylic acids is 1. The largest absolute Gasteiger partial charge is 0.480 e. The first-order valence-electron chi connectivity index (χ1n) is 7.43. The van der Waals surface area contributed by atoms with Gasteiger partial charge in [-0.2, -0.15) is 0 Å². The lowest BCUT2D eigenvalue weighted by Crippen LogP contribution is -2.50. The van der Waals surface area contributed by atoms with Gasteiger partial charge >= 0.3 is 5.97 Å². The standard InChI is InChI=1S/C12H22N2O2.C2H6/c1-2-13-8-6-10(9-13)14-7-4-3-5-11(14)12(15)16;1-2/h10-11H,2-9H2,1H3,(H,15,16);1-2H3. The van der Waals surface area contributed by atoms with Crippen LogP contribution in [0, 0.1) is 0 Å². The number of piperidine rings is 1. The molecule has 0 aliphatic carbocycles. The summed E-state index contributed by atoms with van der Waals surface area (Å²) >= 11 is 0. The molecule has 0 bridgehead atoms. The molecule has 2 aliphatic rings. The Morgan fingerprint density at radius 3 is 2.50 bits per heavy atom. The predicted molar refractivity (Wildman–Crippen MR) is 73.8 cm³/mol. The number of hydrogen-bond donors (Lipinski definition) is 1. The summed E-state index contributed by atoms with van der Waals surface area (Å²) in [6, 6.07) is 0.247. The van der Waals surface area contributed by atoms with Gasteiger partial charge in [0.05, 0.1) is 0 Å². The fourth-order valence-electron chi connectivity index (χ4n) is 3.03. The second-order valence-electron chi connectivity index (χ2n) is 4.92. The van der Waals surface area contributed by atoms with Gasteiger partial charge < -0.3 is 10.0 Å². The van der Waals surface area contributed by atoms with Crippen LogP contribution in [0.25, 0.3) is 0 Å². The van der Waals surface area contributed by atoms with Gasteiger partial charge in [-0.25, -0.2) is 0 Å². The molecule has 0 aromatic heterocycles. The maximum absolute atomic E-state index is 11.2. The van der Waals surface area contributed by atoms with Crippen LogP contribution in [-0.4, -0.2) is 59.1 Å². The summed E-state index contributed by atoms with van der Waals surface area (Å²) in [5.74, 6) is -0.630. The summed E-state index contributed by atoms with van der Waals surface area (Å²) in [6.45, 7) is 10.4. The summed E-state index contributed by atoms with van der Waals surface area (Å²) < 4.78 is 0. The molecule has 2 heterocycles. The van der Waals surface area contributed by atoms with Crippen LogP contribution >= 0.6 is 0 Å². The summed E-state index contributed by atoms with van der Waals surface area (Å²) in [6.07, 6.45) is 4.19. The van der Waals surface area contributed by atoms with E-state index in [0.29, 0.717) is 6.04 Å². The van der Waals surface area contributed by atoms with Crippen LogP contribution < -0.4 is 0 Å². The Labute approximate surface area is 111 Å². The highest BCUT2D eigenvalue weighted by atomic mass is 16.4. The van der Waals surface area contributed by atoms with Crippen molar-refractivity contribution in [3.05, 3.63) is 0 Å². The number of hydrogen-bond acceptors (Lipinski definition) is 3. The number of carbonyl (C=O) groups is 1. The van der Waals surface area contributed by atoms with E-state index >= 15 is 0 Å². The van der Waals surface area contributed by atoms with Gasteiger partial charge in [0.1, 0.15) is 6.04 Å². The van der Waals surface area contributed by atoms with Crippen LogP contribution in [0.1, 0.15) is 46.5 Å². The van der Waals surface area contributed by atoms with Crippen molar-refractivity contribution in [2.24, 2.45) is 0 Å². The van der Waals surface area contributed by atoms with Crippen LogP contribution in [0.5, 0.6) is 0 Å². The van der Waals surface area contributed by atoms with E-state index in [4.69, 9.17) is 0 Å². The van der Waals surface area contributed by atoms with E-state index in [2.05, 4.69) is 16.7 Å². The Morgan fingerprint density at radius 1 is 1.22 bits per heavy atom. The second-order valence-corrected chi connectivity index (χ2v) is 4.92. The topological polar surface area (TPSA) is 43.8 Å². The fourth-order valence-corrected chi connectivity index (χ4v) is 3.03. The Balaban J connectivity index is 0.000000771. The number of nitrogens with zero attached hydrogens (tertiary/aromatic N) is 2. The molecule has 0 radical (unpaired) electrons. The molecule has 2 fully saturated rings. The molecule has 2 saturated heterocycles. The average molecular weight is 256 g/mol. The molecule has 2 unspecified atom stereocenters. The SMILES string of the molecule is CC.CCN1CCC(N2CCCCC2C(=O)O)C1.